The SMILES string of the molecule is CC(=O)C[C@H]1O[C@@H](C)CC[C@@H]1O. The molecule has 1 saturated heterocycles. The Morgan fingerprint density at radius 1 is 1.58 bits per heavy atom. The van der Waals surface area contributed by atoms with E-state index in [4.69, 9.17) is 4.74 Å². The van der Waals surface area contributed by atoms with E-state index in [-0.39, 0.29) is 18.0 Å². The number of hydrogen-bond acceptors (Lipinski definition) is 3. The van der Waals surface area contributed by atoms with E-state index in [2.05, 4.69) is 0 Å². The summed E-state index contributed by atoms with van der Waals surface area (Å²) in [5, 5.41) is 9.46. The molecule has 3 atom stereocenters. The molecular weight excluding hydrogens is 156 g/mol. The molecule has 0 aromatic rings. The summed E-state index contributed by atoms with van der Waals surface area (Å²) in [4.78, 5) is 10.8. The van der Waals surface area contributed by atoms with E-state index in [0.29, 0.717) is 6.42 Å². The molecule has 1 aliphatic rings. The molecule has 3 heteroatoms. The summed E-state index contributed by atoms with van der Waals surface area (Å²) >= 11 is 0. The fourth-order valence-corrected chi connectivity index (χ4v) is 1.52. The molecule has 0 aromatic heterocycles. The summed E-state index contributed by atoms with van der Waals surface area (Å²) < 4.78 is 5.44. The first-order valence-corrected chi connectivity index (χ1v) is 4.42. The van der Waals surface area contributed by atoms with Crippen molar-refractivity contribution in [3.63, 3.8) is 0 Å². The molecule has 0 radical (unpaired) electrons. The van der Waals surface area contributed by atoms with Crippen LogP contribution in [0.3, 0.4) is 0 Å². The van der Waals surface area contributed by atoms with Gasteiger partial charge in [0, 0.05) is 6.42 Å². The van der Waals surface area contributed by atoms with Crippen LogP contribution in [-0.4, -0.2) is 29.2 Å². The number of ketones is 1. The lowest BCUT2D eigenvalue weighted by Gasteiger charge is -2.31. The van der Waals surface area contributed by atoms with Crippen LogP contribution in [0.15, 0.2) is 0 Å². The van der Waals surface area contributed by atoms with Gasteiger partial charge < -0.3 is 9.84 Å². The first kappa shape index (κ1) is 9.68. The Hall–Kier alpha value is -0.410. The molecule has 1 fully saturated rings. The highest BCUT2D eigenvalue weighted by molar-refractivity contribution is 5.76. The van der Waals surface area contributed by atoms with Gasteiger partial charge in [0.2, 0.25) is 0 Å². The Morgan fingerprint density at radius 2 is 2.25 bits per heavy atom. The molecule has 0 amide bonds. The third kappa shape index (κ3) is 2.57. The van der Waals surface area contributed by atoms with E-state index in [1.165, 1.54) is 6.92 Å². The maximum absolute atomic E-state index is 10.8. The summed E-state index contributed by atoms with van der Waals surface area (Å²) in [6, 6.07) is 0. The first-order chi connectivity index (χ1) is 5.59. The number of hydrogen-bond donors (Lipinski definition) is 1. The Kier molecular flexibility index (Phi) is 3.23. The predicted octanol–water partition coefficient (Wildman–Crippen LogP) is 0.894. The highest BCUT2D eigenvalue weighted by Gasteiger charge is 2.28. The van der Waals surface area contributed by atoms with Gasteiger partial charge in [-0.25, -0.2) is 0 Å². The molecule has 0 spiro atoms. The van der Waals surface area contributed by atoms with Crippen molar-refractivity contribution in [2.75, 3.05) is 0 Å². The van der Waals surface area contributed by atoms with E-state index in [9.17, 15) is 9.90 Å². The van der Waals surface area contributed by atoms with Crippen molar-refractivity contribution in [1.29, 1.82) is 0 Å². The van der Waals surface area contributed by atoms with Crippen LogP contribution in [0, 0.1) is 0 Å². The molecule has 0 bridgehead atoms. The predicted molar refractivity (Wildman–Crippen MR) is 44.9 cm³/mol. The first-order valence-electron chi connectivity index (χ1n) is 4.42. The second-order valence-electron chi connectivity index (χ2n) is 3.54. The Morgan fingerprint density at radius 3 is 2.83 bits per heavy atom. The van der Waals surface area contributed by atoms with Crippen molar-refractivity contribution in [3.05, 3.63) is 0 Å². The van der Waals surface area contributed by atoms with Crippen molar-refractivity contribution in [2.45, 2.75) is 51.4 Å². The minimum atomic E-state index is -0.454. The van der Waals surface area contributed by atoms with Gasteiger partial charge in [-0.2, -0.15) is 0 Å². The number of ether oxygens (including phenoxy) is 1. The van der Waals surface area contributed by atoms with Crippen LogP contribution < -0.4 is 0 Å². The maximum atomic E-state index is 10.8. The molecule has 1 aliphatic heterocycles. The van der Waals surface area contributed by atoms with Crippen LogP contribution in [-0.2, 0) is 9.53 Å². The van der Waals surface area contributed by atoms with Crippen LogP contribution in [0.4, 0.5) is 0 Å². The molecule has 0 aliphatic carbocycles. The van der Waals surface area contributed by atoms with Crippen molar-refractivity contribution >= 4 is 5.78 Å². The highest BCUT2D eigenvalue weighted by atomic mass is 16.5. The Bertz CT molecular complexity index is 167. The topological polar surface area (TPSA) is 46.5 Å². The van der Waals surface area contributed by atoms with Crippen molar-refractivity contribution in [1.82, 2.24) is 0 Å². The van der Waals surface area contributed by atoms with Crippen LogP contribution in [0.5, 0.6) is 0 Å². The third-order valence-corrected chi connectivity index (χ3v) is 2.19. The van der Waals surface area contributed by atoms with Gasteiger partial charge >= 0.3 is 0 Å². The summed E-state index contributed by atoms with van der Waals surface area (Å²) in [6.45, 7) is 3.49. The zero-order valence-electron chi connectivity index (χ0n) is 7.62. The molecule has 3 nitrogen and oxygen atoms in total. The quantitative estimate of drug-likeness (QED) is 0.673. The molecule has 1 rings (SSSR count). The normalized spacial score (nSPS) is 36.4. The summed E-state index contributed by atoms with van der Waals surface area (Å²) in [6.07, 6.45) is 1.43. The maximum Gasteiger partial charge on any atom is 0.132 e. The average Bonchev–Trinajstić information content (AvgIpc) is 1.96. The van der Waals surface area contributed by atoms with E-state index in [1.807, 2.05) is 6.92 Å². The van der Waals surface area contributed by atoms with Crippen molar-refractivity contribution in [3.8, 4) is 0 Å². The fraction of sp³-hybridized carbons (Fsp3) is 0.889. The number of carbonyl (C=O) groups is 1. The largest absolute Gasteiger partial charge is 0.390 e. The van der Waals surface area contributed by atoms with Gasteiger partial charge in [0.25, 0.3) is 0 Å². The smallest absolute Gasteiger partial charge is 0.132 e. The second-order valence-corrected chi connectivity index (χ2v) is 3.54. The molecule has 12 heavy (non-hydrogen) atoms. The average molecular weight is 172 g/mol. The minimum Gasteiger partial charge on any atom is -0.390 e. The third-order valence-electron chi connectivity index (χ3n) is 2.19. The van der Waals surface area contributed by atoms with Crippen LogP contribution >= 0.6 is 0 Å². The molecule has 0 saturated carbocycles. The van der Waals surface area contributed by atoms with Gasteiger partial charge in [-0.05, 0) is 26.7 Å². The molecule has 1 N–H and O–H groups in total. The number of aliphatic hydroxyl groups is 1. The lowest BCUT2D eigenvalue weighted by Crippen LogP contribution is -2.38. The van der Waals surface area contributed by atoms with Gasteiger partial charge in [0.1, 0.15) is 5.78 Å². The fourth-order valence-electron chi connectivity index (χ4n) is 1.52. The standard InChI is InChI=1S/C9H16O3/c1-6(10)5-9-8(11)4-3-7(2)12-9/h7-9,11H,3-5H2,1-2H3/t7-,8-,9+/m0/s1. The van der Waals surface area contributed by atoms with Crippen LogP contribution in [0.2, 0.25) is 0 Å². The van der Waals surface area contributed by atoms with E-state index in [0.717, 1.165) is 12.8 Å². The Balaban J connectivity index is 2.43. The lowest BCUT2D eigenvalue weighted by atomic mass is 9.98. The van der Waals surface area contributed by atoms with Crippen molar-refractivity contribution < 1.29 is 14.6 Å². The van der Waals surface area contributed by atoms with Gasteiger partial charge in [-0.15, -0.1) is 0 Å². The monoisotopic (exact) mass is 172 g/mol. The zero-order chi connectivity index (χ0) is 9.14. The Labute approximate surface area is 72.7 Å². The lowest BCUT2D eigenvalue weighted by molar-refractivity contribution is -0.135. The van der Waals surface area contributed by atoms with Crippen molar-refractivity contribution in [2.24, 2.45) is 0 Å². The summed E-state index contributed by atoms with van der Waals surface area (Å²) in [5.41, 5.74) is 0. The molecule has 0 aromatic carbocycles. The zero-order valence-corrected chi connectivity index (χ0v) is 7.62. The molecule has 1 heterocycles. The number of carbonyl (C=O) groups excluding carboxylic acids is 1. The second kappa shape index (κ2) is 4.01. The summed E-state index contributed by atoms with van der Waals surface area (Å²) in [5.74, 6) is 0.0770. The van der Waals surface area contributed by atoms with Crippen LogP contribution in [0.25, 0.3) is 0 Å². The summed E-state index contributed by atoms with van der Waals surface area (Å²) in [7, 11) is 0. The van der Waals surface area contributed by atoms with Gasteiger partial charge in [0.05, 0.1) is 18.3 Å². The molecular formula is C9H16O3. The number of rotatable bonds is 2. The molecule has 70 valence electrons. The van der Waals surface area contributed by atoms with E-state index >= 15 is 0 Å². The number of aliphatic hydroxyl groups excluding tert-OH is 1. The number of Topliss-reactive ketones (excluding diaryl/α,β-unsaturated/α-hetero) is 1. The van der Waals surface area contributed by atoms with Gasteiger partial charge in [0.15, 0.2) is 0 Å². The van der Waals surface area contributed by atoms with Gasteiger partial charge in [-0.3, -0.25) is 4.79 Å². The van der Waals surface area contributed by atoms with Crippen LogP contribution in [0.1, 0.15) is 33.1 Å². The minimum absolute atomic E-state index is 0.0770. The van der Waals surface area contributed by atoms with Gasteiger partial charge in [-0.1, -0.05) is 0 Å². The van der Waals surface area contributed by atoms with E-state index in [1.54, 1.807) is 0 Å². The highest BCUT2D eigenvalue weighted by Crippen LogP contribution is 2.21. The molecule has 0 unspecified atom stereocenters. The van der Waals surface area contributed by atoms with E-state index < -0.39 is 6.10 Å².